The van der Waals surface area contributed by atoms with Crippen LogP contribution in [0.1, 0.15) is 5.56 Å². The second kappa shape index (κ2) is 10.2. The number of ether oxygens (including phenoxy) is 2. The smallest absolute Gasteiger partial charge is 0.410 e. The van der Waals surface area contributed by atoms with E-state index in [0.717, 1.165) is 5.56 Å². The summed E-state index contributed by atoms with van der Waals surface area (Å²) in [5.41, 5.74) is 0.904. The standard InChI is InChI=1S/C14H21NO5/c16-8-6-15(7-10-19-11-9-17)14(18)20-12-13-4-2-1-3-5-13/h1-5,16-17H,6-12H2. The third-order valence-corrected chi connectivity index (χ3v) is 2.57. The Hall–Kier alpha value is -1.63. The Kier molecular flexibility index (Phi) is 8.37. The van der Waals surface area contributed by atoms with E-state index in [4.69, 9.17) is 19.7 Å². The van der Waals surface area contributed by atoms with Crippen molar-refractivity contribution >= 4 is 6.09 Å². The molecular weight excluding hydrogens is 262 g/mol. The van der Waals surface area contributed by atoms with E-state index >= 15 is 0 Å². The Bertz CT molecular complexity index is 371. The predicted molar refractivity (Wildman–Crippen MR) is 73.2 cm³/mol. The summed E-state index contributed by atoms with van der Waals surface area (Å²) in [4.78, 5) is 13.2. The maximum atomic E-state index is 11.9. The van der Waals surface area contributed by atoms with E-state index in [2.05, 4.69) is 0 Å². The van der Waals surface area contributed by atoms with Crippen LogP contribution in [0, 0.1) is 0 Å². The lowest BCUT2D eigenvalue weighted by Crippen LogP contribution is -2.36. The van der Waals surface area contributed by atoms with Crippen LogP contribution < -0.4 is 0 Å². The molecule has 0 saturated heterocycles. The maximum absolute atomic E-state index is 11.9. The van der Waals surface area contributed by atoms with Gasteiger partial charge in [-0.15, -0.1) is 0 Å². The number of benzene rings is 1. The van der Waals surface area contributed by atoms with Crippen molar-refractivity contribution in [1.82, 2.24) is 4.90 Å². The predicted octanol–water partition coefficient (Wildman–Crippen LogP) is 0.626. The van der Waals surface area contributed by atoms with Crippen molar-refractivity contribution in [3.63, 3.8) is 0 Å². The van der Waals surface area contributed by atoms with E-state index in [0.29, 0.717) is 13.2 Å². The Morgan fingerprint density at radius 3 is 2.45 bits per heavy atom. The van der Waals surface area contributed by atoms with Gasteiger partial charge in [0.15, 0.2) is 0 Å². The molecule has 0 spiro atoms. The number of amides is 1. The number of carbonyl (C=O) groups excluding carboxylic acids is 1. The van der Waals surface area contributed by atoms with Gasteiger partial charge in [-0.05, 0) is 5.56 Å². The van der Waals surface area contributed by atoms with Crippen LogP contribution in [0.25, 0.3) is 0 Å². The molecule has 112 valence electrons. The first kappa shape index (κ1) is 16.4. The van der Waals surface area contributed by atoms with Crippen molar-refractivity contribution in [3.05, 3.63) is 35.9 Å². The molecule has 0 aromatic heterocycles. The molecular formula is C14H21NO5. The summed E-state index contributed by atoms with van der Waals surface area (Å²) in [5.74, 6) is 0. The van der Waals surface area contributed by atoms with Crippen molar-refractivity contribution in [3.8, 4) is 0 Å². The fraction of sp³-hybridized carbons (Fsp3) is 0.500. The fourth-order valence-corrected chi connectivity index (χ4v) is 1.57. The van der Waals surface area contributed by atoms with Crippen molar-refractivity contribution in [2.75, 3.05) is 39.5 Å². The molecule has 0 fully saturated rings. The Balaban J connectivity index is 2.35. The van der Waals surface area contributed by atoms with Gasteiger partial charge < -0.3 is 24.6 Å². The zero-order chi connectivity index (χ0) is 14.6. The van der Waals surface area contributed by atoms with Crippen LogP contribution in [0.5, 0.6) is 0 Å². The molecule has 1 amide bonds. The third-order valence-electron chi connectivity index (χ3n) is 2.57. The highest BCUT2D eigenvalue weighted by Crippen LogP contribution is 2.03. The van der Waals surface area contributed by atoms with E-state index in [1.807, 2.05) is 30.3 Å². The highest BCUT2D eigenvalue weighted by molar-refractivity contribution is 5.67. The lowest BCUT2D eigenvalue weighted by molar-refractivity contribution is 0.0538. The average molecular weight is 283 g/mol. The molecule has 0 unspecified atom stereocenters. The van der Waals surface area contributed by atoms with Crippen molar-refractivity contribution in [1.29, 1.82) is 0 Å². The largest absolute Gasteiger partial charge is 0.445 e. The minimum Gasteiger partial charge on any atom is -0.445 e. The highest BCUT2D eigenvalue weighted by atomic mass is 16.6. The maximum Gasteiger partial charge on any atom is 0.410 e. The van der Waals surface area contributed by atoms with Crippen molar-refractivity contribution in [2.45, 2.75) is 6.61 Å². The molecule has 0 aliphatic carbocycles. The average Bonchev–Trinajstić information content (AvgIpc) is 2.49. The first-order chi connectivity index (χ1) is 9.77. The van der Waals surface area contributed by atoms with Gasteiger partial charge in [0, 0.05) is 13.1 Å². The Morgan fingerprint density at radius 2 is 1.80 bits per heavy atom. The van der Waals surface area contributed by atoms with E-state index in [1.54, 1.807) is 0 Å². The van der Waals surface area contributed by atoms with E-state index in [-0.39, 0.29) is 33.0 Å². The minimum absolute atomic E-state index is 0.0571. The van der Waals surface area contributed by atoms with Crippen LogP contribution in [0.3, 0.4) is 0 Å². The van der Waals surface area contributed by atoms with Gasteiger partial charge in [0.2, 0.25) is 0 Å². The van der Waals surface area contributed by atoms with E-state index < -0.39 is 6.09 Å². The molecule has 0 radical (unpaired) electrons. The SMILES string of the molecule is O=C(OCc1ccccc1)N(CCO)CCOCCO. The number of aliphatic hydroxyl groups excluding tert-OH is 2. The lowest BCUT2D eigenvalue weighted by atomic mass is 10.2. The quantitative estimate of drug-likeness (QED) is 0.650. The molecule has 0 saturated carbocycles. The van der Waals surface area contributed by atoms with Crippen LogP contribution in [-0.2, 0) is 16.1 Å². The summed E-state index contributed by atoms with van der Waals surface area (Å²) in [6, 6.07) is 9.37. The van der Waals surface area contributed by atoms with Gasteiger partial charge in [-0.2, -0.15) is 0 Å². The molecule has 1 aromatic carbocycles. The minimum atomic E-state index is -0.490. The number of carbonyl (C=O) groups is 1. The number of rotatable bonds is 9. The zero-order valence-electron chi connectivity index (χ0n) is 11.4. The second-order valence-corrected chi connectivity index (χ2v) is 4.09. The Labute approximate surface area is 118 Å². The summed E-state index contributed by atoms with van der Waals surface area (Å²) >= 11 is 0. The topological polar surface area (TPSA) is 79.2 Å². The van der Waals surface area contributed by atoms with Crippen molar-refractivity contribution in [2.24, 2.45) is 0 Å². The summed E-state index contributed by atoms with van der Waals surface area (Å²) in [6.07, 6.45) is -0.490. The van der Waals surface area contributed by atoms with Crippen LogP contribution in [0.15, 0.2) is 30.3 Å². The van der Waals surface area contributed by atoms with Gasteiger partial charge in [0.05, 0.1) is 26.4 Å². The highest BCUT2D eigenvalue weighted by Gasteiger charge is 2.14. The first-order valence-electron chi connectivity index (χ1n) is 6.53. The van der Waals surface area contributed by atoms with Crippen LogP contribution in [0.4, 0.5) is 4.79 Å². The van der Waals surface area contributed by atoms with Crippen LogP contribution in [0.2, 0.25) is 0 Å². The summed E-state index contributed by atoms with van der Waals surface area (Å²) < 4.78 is 10.3. The molecule has 20 heavy (non-hydrogen) atoms. The summed E-state index contributed by atoms with van der Waals surface area (Å²) in [5, 5.41) is 17.5. The molecule has 1 rings (SSSR count). The molecule has 0 bridgehead atoms. The van der Waals surface area contributed by atoms with Crippen LogP contribution >= 0.6 is 0 Å². The number of aliphatic hydroxyl groups is 2. The molecule has 0 atom stereocenters. The van der Waals surface area contributed by atoms with Gasteiger partial charge in [0.25, 0.3) is 0 Å². The third kappa shape index (κ3) is 6.51. The normalized spacial score (nSPS) is 10.3. The zero-order valence-corrected chi connectivity index (χ0v) is 11.4. The molecule has 6 heteroatoms. The number of hydrogen-bond donors (Lipinski definition) is 2. The van der Waals surface area contributed by atoms with Gasteiger partial charge in [-0.25, -0.2) is 4.79 Å². The van der Waals surface area contributed by atoms with Gasteiger partial charge in [-0.1, -0.05) is 30.3 Å². The number of nitrogens with zero attached hydrogens (tertiary/aromatic N) is 1. The summed E-state index contributed by atoms with van der Waals surface area (Å²) in [7, 11) is 0. The van der Waals surface area contributed by atoms with Crippen LogP contribution in [-0.4, -0.2) is 60.7 Å². The molecule has 0 aliphatic rings. The molecule has 2 N–H and O–H groups in total. The van der Waals surface area contributed by atoms with E-state index in [1.165, 1.54) is 4.90 Å². The Morgan fingerprint density at radius 1 is 1.05 bits per heavy atom. The summed E-state index contributed by atoms with van der Waals surface area (Å²) in [6.45, 7) is 1.02. The second-order valence-electron chi connectivity index (χ2n) is 4.09. The van der Waals surface area contributed by atoms with Crippen molar-refractivity contribution < 1.29 is 24.5 Å². The first-order valence-corrected chi connectivity index (χ1v) is 6.53. The molecule has 0 heterocycles. The van der Waals surface area contributed by atoms with E-state index in [9.17, 15) is 4.79 Å². The van der Waals surface area contributed by atoms with Gasteiger partial charge >= 0.3 is 6.09 Å². The molecule has 6 nitrogen and oxygen atoms in total. The molecule has 0 aliphatic heterocycles. The fourth-order valence-electron chi connectivity index (χ4n) is 1.57. The molecule has 1 aromatic rings. The van der Waals surface area contributed by atoms with Gasteiger partial charge in [0.1, 0.15) is 6.61 Å². The van der Waals surface area contributed by atoms with Gasteiger partial charge in [-0.3, -0.25) is 0 Å². The number of hydrogen-bond acceptors (Lipinski definition) is 5. The lowest BCUT2D eigenvalue weighted by Gasteiger charge is -2.21. The monoisotopic (exact) mass is 283 g/mol.